The number of aromatic nitrogens is 1. The van der Waals surface area contributed by atoms with Gasteiger partial charge in [0.05, 0.1) is 16.0 Å². The lowest BCUT2D eigenvalue weighted by atomic mass is 9.96. The SMILES string of the molecule is O=C(c1cccc([N+](=O)[O-])c1)C(C(=O)N1CCN(C(c2ccccc2)c2ccccc2)CC1)n1cc(Cl)ccc1=O. The first kappa shape index (κ1) is 27.9. The molecular weight excluding hydrogens is 544 g/mol. The van der Waals surface area contributed by atoms with Gasteiger partial charge in [-0.1, -0.05) is 84.4 Å². The first-order valence-electron chi connectivity index (χ1n) is 13.1. The molecule has 0 bridgehead atoms. The Morgan fingerprint density at radius 3 is 2.00 bits per heavy atom. The molecule has 0 N–H and O–H groups in total. The highest BCUT2D eigenvalue weighted by Crippen LogP contribution is 2.30. The molecule has 5 rings (SSSR count). The van der Waals surface area contributed by atoms with Crippen LogP contribution < -0.4 is 5.56 Å². The number of halogens is 1. The van der Waals surface area contributed by atoms with Crippen molar-refractivity contribution in [3.8, 4) is 0 Å². The highest BCUT2D eigenvalue weighted by Gasteiger charge is 2.37. The molecule has 41 heavy (non-hydrogen) atoms. The summed E-state index contributed by atoms with van der Waals surface area (Å²) >= 11 is 6.15. The molecular formula is C31H27ClN4O5. The van der Waals surface area contributed by atoms with E-state index in [2.05, 4.69) is 29.2 Å². The van der Waals surface area contributed by atoms with E-state index in [4.69, 9.17) is 11.6 Å². The van der Waals surface area contributed by atoms with Crippen LogP contribution >= 0.6 is 11.6 Å². The number of ketones is 1. The highest BCUT2D eigenvalue weighted by atomic mass is 35.5. The van der Waals surface area contributed by atoms with Crippen molar-refractivity contribution in [1.29, 1.82) is 0 Å². The van der Waals surface area contributed by atoms with Crippen molar-refractivity contribution in [2.45, 2.75) is 12.1 Å². The molecule has 0 spiro atoms. The number of nitrogens with zero attached hydrogens (tertiary/aromatic N) is 4. The Hall–Kier alpha value is -4.60. The van der Waals surface area contributed by atoms with Gasteiger partial charge in [-0.15, -0.1) is 0 Å². The van der Waals surface area contributed by atoms with Crippen molar-refractivity contribution < 1.29 is 14.5 Å². The van der Waals surface area contributed by atoms with Crippen molar-refractivity contribution in [2.24, 2.45) is 0 Å². The lowest BCUT2D eigenvalue weighted by Crippen LogP contribution is -2.53. The summed E-state index contributed by atoms with van der Waals surface area (Å²) in [4.78, 5) is 55.1. The van der Waals surface area contributed by atoms with E-state index in [1.807, 2.05) is 36.4 Å². The second-order valence-electron chi connectivity index (χ2n) is 9.75. The molecule has 1 unspecified atom stereocenters. The zero-order valence-corrected chi connectivity index (χ0v) is 22.8. The second-order valence-corrected chi connectivity index (χ2v) is 10.2. The first-order valence-corrected chi connectivity index (χ1v) is 13.5. The quantitative estimate of drug-likeness (QED) is 0.131. The molecule has 208 valence electrons. The normalized spacial score (nSPS) is 14.5. The number of hydrogen-bond acceptors (Lipinski definition) is 6. The summed E-state index contributed by atoms with van der Waals surface area (Å²) in [5.41, 5.74) is 1.34. The maximum absolute atomic E-state index is 14.0. The van der Waals surface area contributed by atoms with E-state index in [9.17, 15) is 24.5 Å². The van der Waals surface area contributed by atoms with Gasteiger partial charge in [-0.3, -0.25) is 34.0 Å². The number of non-ortho nitro benzene ring substituents is 1. The van der Waals surface area contributed by atoms with Crippen LogP contribution in [-0.2, 0) is 4.79 Å². The smallest absolute Gasteiger partial charge is 0.270 e. The summed E-state index contributed by atoms with van der Waals surface area (Å²) in [7, 11) is 0. The molecule has 1 aromatic heterocycles. The number of nitro benzene ring substituents is 1. The molecule has 1 atom stereocenters. The first-order chi connectivity index (χ1) is 19.8. The van der Waals surface area contributed by atoms with Gasteiger partial charge < -0.3 is 4.90 Å². The third-order valence-corrected chi connectivity index (χ3v) is 7.45. The molecule has 1 amide bonds. The van der Waals surface area contributed by atoms with Crippen LogP contribution in [0.15, 0.2) is 108 Å². The van der Waals surface area contributed by atoms with Crippen molar-refractivity contribution in [3.63, 3.8) is 0 Å². The van der Waals surface area contributed by atoms with E-state index in [0.717, 1.165) is 21.8 Å². The minimum atomic E-state index is -1.56. The Bertz CT molecular complexity index is 1580. The largest absolute Gasteiger partial charge is 0.338 e. The van der Waals surface area contributed by atoms with Crippen LogP contribution in [0.2, 0.25) is 5.02 Å². The predicted octanol–water partition coefficient (Wildman–Crippen LogP) is 4.77. The fraction of sp³-hybridized carbons (Fsp3) is 0.194. The van der Waals surface area contributed by atoms with Crippen molar-refractivity contribution in [1.82, 2.24) is 14.4 Å². The molecule has 3 aromatic carbocycles. The van der Waals surface area contributed by atoms with Crippen LogP contribution in [0.1, 0.15) is 33.6 Å². The molecule has 2 heterocycles. The fourth-order valence-corrected chi connectivity index (χ4v) is 5.39. The average molecular weight is 571 g/mol. The van der Waals surface area contributed by atoms with Gasteiger partial charge in [0, 0.05) is 56.1 Å². The summed E-state index contributed by atoms with van der Waals surface area (Å²) in [5, 5.41) is 11.5. The van der Waals surface area contributed by atoms with Gasteiger partial charge >= 0.3 is 0 Å². The summed E-state index contributed by atoms with van der Waals surface area (Å²) in [6.45, 7) is 1.71. The molecule has 1 aliphatic heterocycles. The number of amides is 1. The Labute approximate surface area is 241 Å². The van der Waals surface area contributed by atoms with Crippen LogP contribution in [0.3, 0.4) is 0 Å². The number of Topliss-reactive ketones (excluding diaryl/α,β-unsaturated/α-hetero) is 1. The molecule has 9 nitrogen and oxygen atoms in total. The molecule has 4 aromatic rings. The molecule has 0 aliphatic carbocycles. The van der Waals surface area contributed by atoms with Crippen LogP contribution in [-0.4, -0.2) is 57.2 Å². The van der Waals surface area contributed by atoms with E-state index < -0.39 is 28.2 Å². The predicted molar refractivity (Wildman–Crippen MR) is 155 cm³/mol. The number of carbonyl (C=O) groups excluding carboxylic acids is 2. The summed E-state index contributed by atoms with van der Waals surface area (Å²) in [6, 6.07) is 26.4. The number of pyridine rings is 1. The van der Waals surface area contributed by atoms with E-state index in [1.54, 1.807) is 4.90 Å². The molecule has 10 heteroatoms. The second kappa shape index (κ2) is 12.3. The molecule has 0 radical (unpaired) electrons. The van der Waals surface area contributed by atoms with Crippen LogP contribution in [0.5, 0.6) is 0 Å². The van der Waals surface area contributed by atoms with Crippen molar-refractivity contribution >= 4 is 29.0 Å². The average Bonchev–Trinajstić information content (AvgIpc) is 3.00. The zero-order chi connectivity index (χ0) is 28.9. The molecule has 1 fully saturated rings. The Morgan fingerprint density at radius 2 is 1.41 bits per heavy atom. The maximum Gasteiger partial charge on any atom is 0.270 e. The summed E-state index contributed by atoms with van der Waals surface area (Å²) in [6.07, 6.45) is 1.25. The van der Waals surface area contributed by atoms with Crippen LogP contribution in [0.4, 0.5) is 5.69 Å². The Kier molecular flexibility index (Phi) is 8.37. The molecule has 0 saturated carbocycles. The third-order valence-electron chi connectivity index (χ3n) is 7.23. The van der Waals surface area contributed by atoms with Gasteiger partial charge in [0.2, 0.25) is 0 Å². The van der Waals surface area contributed by atoms with Gasteiger partial charge in [0.1, 0.15) is 0 Å². The van der Waals surface area contributed by atoms with Gasteiger partial charge in [0.15, 0.2) is 11.8 Å². The number of hydrogen-bond donors (Lipinski definition) is 0. The topological polar surface area (TPSA) is 106 Å². The number of carbonyl (C=O) groups is 2. The minimum absolute atomic E-state index is 0.0208. The van der Waals surface area contributed by atoms with Crippen molar-refractivity contribution in [3.05, 3.63) is 145 Å². The number of rotatable bonds is 8. The maximum atomic E-state index is 14.0. The summed E-state index contributed by atoms with van der Waals surface area (Å²) < 4.78 is 1.01. The number of nitro groups is 1. The highest BCUT2D eigenvalue weighted by molar-refractivity contribution is 6.30. The van der Waals surface area contributed by atoms with Gasteiger partial charge in [-0.2, -0.15) is 0 Å². The lowest BCUT2D eigenvalue weighted by molar-refractivity contribution is -0.384. The fourth-order valence-electron chi connectivity index (χ4n) is 5.22. The molecule has 1 saturated heterocycles. The van der Waals surface area contributed by atoms with E-state index >= 15 is 0 Å². The van der Waals surface area contributed by atoms with E-state index in [-0.39, 0.29) is 22.3 Å². The Morgan fingerprint density at radius 1 is 0.805 bits per heavy atom. The lowest BCUT2D eigenvalue weighted by Gasteiger charge is -2.40. The molecule has 1 aliphatic rings. The Balaban J connectivity index is 1.43. The van der Waals surface area contributed by atoms with Crippen molar-refractivity contribution in [2.75, 3.05) is 26.2 Å². The minimum Gasteiger partial charge on any atom is -0.338 e. The third kappa shape index (κ3) is 6.11. The van der Waals surface area contributed by atoms with Crippen LogP contribution in [0, 0.1) is 10.1 Å². The zero-order valence-electron chi connectivity index (χ0n) is 22.0. The van der Waals surface area contributed by atoms with E-state index in [1.165, 1.54) is 36.5 Å². The van der Waals surface area contributed by atoms with Gasteiger partial charge in [-0.05, 0) is 17.2 Å². The standard InChI is InChI=1S/C31H27ClN4O5/c32-25-14-15-27(37)35(21-25)29(30(38)24-12-7-13-26(20-24)36(40)41)31(39)34-18-16-33(17-19-34)28(22-8-3-1-4-9-22)23-10-5-2-6-11-23/h1-15,20-21,28-29H,16-19H2. The van der Waals surface area contributed by atoms with Gasteiger partial charge in [0.25, 0.3) is 17.2 Å². The summed E-state index contributed by atoms with van der Waals surface area (Å²) in [5.74, 6) is -1.29. The number of benzene rings is 3. The monoisotopic (exact) mass is 570 g/mol. The van der Waals surface area contributed by atoms with Crippen LogP contribution in [0.25, 0.3) is 0 Å². The number of piperazine rings is 1. The van der Waals surface area contributed by atoms with Gasteiger partial charge in [-0.25, -0.2) is 0 Å². The van der Waals surface area contributed by atoms with E-state index in [0.29, 0.717) is 26.2 Å².